The average molecular weight is 601 g/mol. The van der Waals surface area contributed by atoms with Crippen LogP contribution in [0.25, 0.3) is 6.08 Å². The van der Waals surface area contributed by atoms with Crippen LogP contribution in [0.4, 0.5) is 10.2 Å². The summed E-state index contributed by atoms with van der Waals surface area (Å²) in [6.07, 6.45) is 5.51. The molecular formula is C33H33FN4O2S2. The number of hydrogen-bond acceptors (Lipinski definition) is 6. The van der Waals surface area contributed by atoms with Crippen molar-refractivity contribution in [2.24, 2.45) is 5.92 Å². The Balaban J connectivity index is 1.49. The minimum atomic E-state index is -0.341. The molecule has 3 heterocycles. The number of aromatic nitrogens is 1. The Labute approximate surface area is 255 Å². The highest BCUT2D eigenvalue weighted by Gasteiger charge is 2.34. The summed E-state index contributed by atoms with van der Waals surface area (Å²) < 4.78 is 15.5. The number of halogens is 1. The van der Waals surface area contributed by atoms with Crippen LogP contribution in [0.5, 0.6) is 0 Å². The Morgan fingerprint density at radius 1 is 1.07 bits per heavy atom. The first-order valence-corrected chi connectivity index (χ1v) is 15.5. The largest absolute Gasteiger partial charge is 0.357 e. The first kappa shape index (κ1) is 29.7. The van der Waals surface area contributed by atoms with Crippen molar-refractivity contribution < 1.29 is 9.18 Å². The van der Waals surface area contributed by atoms with Gasteiger partial charge in [-0.25, -0.2) is 4.39 Å². The maximum Gasteiger partial charge on any atom is 0.270 e. The number of rotatable bonds is 8. The normalized spacial score (nSPS) is 16.9. The smallest absolute Gasteiger partial charge is 0.270 e. The highest BCUT2D eigenvalue weighted by Crippen LogP contribution is 2.37. The molecule has 0 unspecified atom stereocenters. The zero-order chi connectivity index (χ0) is 29.8. The summed E-state index contributed by atoms with van der Waals surface area (Å²) in [6, 6.07) is 18.6. The molecule has 9 heteroatoms. The van der Waals surface area contributed by atoms with Crippen LogP contribution in [0.3, 0.4) is 0 Å². The van der Waals surface area contributed by atoms with Crippen molar-refractivity contribution in [1.82, 2.24) is 9.47 Å². The number of amides is 1. The van der Waals surface area contributed by atoms with E-state index in [-0.39, 0.29) is 29.4 Å². The fraction of sp³-hybridized carbons (Fsp3) is 0.333. The Hall–Kier alpha value is -3.74. The standard InChI is InChI=1S/C33H33FN4O2S2/c1-3-15-37-30(36-16-13-24(14-17-36)18-23-7-5-4-6-8-23)27(22(2)28(20-35)31(37)39)19-29-32(40)38(33(41)42-29)21-25-9-11-26(34)12-10-25/h4-12,19,24H,3,13-18,21H2,1-2H3/b29-19-. The molecule has 3 aromatic rings. The summed E-state index contributed by atoms with van der Waals surface area (Å²) in [5.41, 5.74) is 3.19. The lowest BCUT2D eigenvalue weighted by molar-refractivity contribution is -0.122. The van der Waals surface area contributed by atoms with Crippen molar-refractivity contribution in [3.05, 3.63) is 103 Å². The van der Waals surface area contributed by atoms with Gasteiger partial charge in [0, 0.05) is 25.2 Å². The van der Waals surface area contributed by atoms with Crippen molar-refractivity contribution in [1.29, 1.82) is 5.26 Å². The number of hydrogen-bond donors (Lipinski definition) is 0. The molecule has 5 rings (SSSR count). The minimum absolute atomic E-state index is 0.0965. The fourth-order valence-corrected chi connectivity index (χ4v) is 6.99. The van der Waals surface area contributed by atoms with Crippen LogP contribution >= 0.6 is 24.0 Å². The van der Waals surface area contributed by atoms with Gasteiger partial charge in [-0.1, -0.05) is 73.4 Å². The van der Waals surface area contributed by atoms with Crippen LogP contribution in [0, 0.1) is 30.0 Å². The lowest BCUT2D eigenvalue weighted by atomic mass is 9.90. The molecule has 0 aliphatic carbocycles. The summed E-state index contributed by atoms with van der Waals surface area (Å²) >= 11 is 6.77. The van der Waals surface area contributed by atoms with E-state index < -0.39 is 0 Å². The number of benzene rings is 2. The number of nitrogens with zero attached hydrogens (tertiary/aromatic N) is 4. The average Bonchev–Trinajstić information content (AvgIpc) is 3.25. The predicted molar refractivity (Wildman–Crippen MR) is 171 cm³/mol. The molecule has 2 aliphatic heterocycles. The predicted octanol–water partition coefficient (Wildman–Crippen LogP) is 6.44. The quantitative estimate of drug-likeness (QED) is 0.219. The Kier molecular flexibility index (Phi) is 9.24. The second-order valence-electron chi connectivity index (χ2n) is 10.8. The number of carbonyl (C=O) groups is 1. The Morgan fingerprint density at radius 2 is 1.76 bits per heavy atom. The minimum Gasteiger partial charge on any atom is -0.357 e. The summed E-state index contributed by atoms with van der Waals surface area (Å²) in [5.74, 6) is 0.723. The molecule has 1 amide bonds. The number of thiocarbonyl (C=S) groups is 1. The molecule has 0 radical (unpaired) electrons. The van der Waals surface area contributed by atoms with Gasteiger partial charge >= 0.3 is 0 Å². The van der Waals surface area contributed by atoms with Crippen LogP contribution < -0.4 is 10.5 Å². The van der Waals surface area contributed by atoms with Crippen molar-refractivity contribution >= 4 is 46.1 Å². The van der Waals surface area contributed by atoms with Crippen LogP contribution in [-0.2, 0) is 24.3 Å². The third-order valence-electron chi connectivity index (χ3n) is 7.98. The SMILES string of the molecule is CCCn1c(N2CCC(Cc3ccccc3)CC2)c(/C=C2\SC(=S)N(Cc3ccc(F)cc3)C2=O)c(C)c(C#N)c1=O. The van der Waals surface area contributed by atoms with E-state index in [0.29, 0.717) is 32.8 Å². The second-order valence-corrected chi connectivity index (χ2v) is 12.5. The molecule has 0 spiro atoms. The monoisotopic (exact) mass is 600 g/mol. The number of anilines is 1. The molecule has 2 aromatic carbocycles. The summed E-state index contributed by atoms with van der Waals surface area (Å²) in [7, 11) is 0. The molecule has 2 fully saturated rings. The second kappa shape index (κ2) is 13.1. The maximum atomic E-state index is 13.6. The van der Waals surface area contributed by atoms with Crippen molar-refractivity contribution in [3.63, 3.8) is 0 Å². The highest BCUT2D eigenvalue weighted by atomic mass is 32.2. The van der Waals surface area contributed by atoms with Crippen molar-refractivity contribution in [2.75, 3.05) is 18.0 Å². The van der Waals surface area contributed by atoms with E-state index >= 15 is 0 Å². The summed E-state index contributed by atoms with van der Waals surface area (Å²) in [6.45, 7) is 6.06. The number of pyridine rings is 1. The van der Waals surface area contributed by atoms with Crippen molar-refractivity contribution in [3.8, 4) is 6.07 Å². The topological polar surface area (TPSA) is 69.3 Å². The van der Waals surface area contributed by atoms with E-state index in [1.807, 2.05) is 13.0 Å². The summed E-state index contributed by atoms with van der Waals surface area (Å²) in [5, 5.41) is 9.95. The third kappa shape index (κ3) is 6.20. The molecule has 42 heavy (non-hydrogen) atoms. The number of piperidine rings is 1. The molecule has 2 saturated heterocycles. The lowest BCUT2D eigenvalue weighted by Crippen LogP contribution is -2.40. The first-order chi connectivity index (χ1) is 20.3. The fourth-order valence-electron chi connectivity index (χ4n) is 5.75. The van der Waals surface area contributed by atoms with Crippen LogP contribution in [-0.4, -0.2) is 32.8 Å². The molecule has 216 valence electrons. The van der Waals surface area contributed by atoms with Gasteiger partial charge in [-0.15, -0.1) is 0 Å². The highest BCUT2D eigenvalue weighted by molar-refractivity contribution is 8.26. The van der Waals surface area contributed by atoms with E-state index in [2.05, 4.69) is 35.2 Å². The van der Waals surface area contributed by atoms with Gasteiger partial charge in [0.15, 0.2) is 0 Å². The zero-order valence-corrected chi connectivity index (χ0v) is 25.4. The molecule has 0 saturated carbocycles. The number of nitriles is 1. The molecule has 1 aromatic heterocycles. The van der Waals surface area contributed by atoms with E-state index in [0.717, 1.165) is 50.2 Å². The van der Waals surface area contributed by atoms with Gasteiger partial charge in [0.2, 0.25) is 0 Å². The Bertz CT molecular complexity index is 1620. The molecule has 2 aliphatic rings. The molecular weight excluding hydrogens is 568 g/mol. The number of carbonyl (C=O) groups excluding carboxylic acids is 1. The van der Waals surface area contributed by atoms with Gasteiger partial charge in [-0.2, -0.15) is 5.26 Å². The van der Waals surface area contributed by atoms with Crippen LogP contribution in [0.2, 0.25) is 0 Å². The van der Waals surface area contributed by atoms with Gasteiger partial charge in [-0.05, 0) is 73.4 Å². The van der Waals surface area contributed by atoms with E-state index in [1.165, 1.54) is 34.4 Å². The maximum absolute atomic E-state index is 13.6. The molecule has 0 N–H and O–H groups in total. The van der Waals surface area contributed by atoms with E-state index in [9.17, 15) is 19.2 Å². The van der Waals surface area contributed by atoms with Gasteiger partial charge in [0.05, 0.1) is 11.4 Å². The third-order valence-corrected chi connectivity index (χ3v) is 9.36. The molecule has 0 bridgehead atoms. The van der Waals surface area contributed by atoms with Crippen LogP contribution in [0.1, 0.15) is 54.0 Å². The van der Waals surface area contributed by atoms with Gasteiger partial charge < -0.3 is 4.90 Å². The van der Waals surface area contributed by atoms with Crippen LogP contribution in [0.15, 0.2) is 64.3 Å². The van der Waals surface area contributed by atoms with Gasteiger partial charge in [-0.3, -0.25) is 19.1 Å². The summed E-state index contributed by atoms with van der Waals surface area (Å²) in [4.78, 5) is 31.3. The van der Waals surface area contributed by atoms with E-state index in [1.54, 1.807) is 29.7 Å². The number of thioether (sulfide) groups is 1. The van der Waals surface area contributed by atoms with E-state index in [4.69, 9.17) is 12.2 Å². The van der Waals surface area contributed by atoms with Crippen molar-refractivity contribution in [2.45, 2.75) is 52.6 Å². The zero-order valence-electron chi connectivity index (χ0n) is 23.8. The Morgan fingerprint density at radius 3 is 2.40 bits per heavy atom. The molecule has 6 nitrogen and oxygen atoms in total. The lowest BCUT2D eigenvalue weighted by Gasteiger charge is -2.36. The first-order valence-electron chi connectivity index (χ1n) is 14.3. The van der Waals surface area contributed by atoms with Gasteiger partial charge in [0.1, 0.15) is 27.6 Å². The molecule has 0 atom stereocenters. The van der Waals surface area contributed by atoms with Gasteiger partial charge in [0.25, 0.3) is 11.5 Å².